The second kappa shape index (κ2) is 7.42. The van der Waals surface area contributed by atoms with Crippen LogP contribution in [0.5, 0.6) is 0 Å². The lowest BCUT2D eigenvalue weighted by atomic mass is 10.2. The number of benzene rings is 1. The Morgan fingerprint density at radius 3 is 2.67 bits per heavy atom. The molecule has 0 radical (unpaired) electrons. The second-order valence-corrected chi connectivity index (χ2v) is 5.07. The maximum Gasteiger partial charge on any atom is 0.315 e. The fourth-order valence-corrected chi connectivity index (χ4v) is 1.72. The van der Waals surface area contributed by atoms with E-state index >= 15 is 0 Å². The van der Waals surface area contributed by atoms with E-state index in [9.17, 15) is 9.59 Å². The van der Waals surface area contributed by atoms with Crippen LogP contribution < -0.4 is 10.6 Å². The van der Waals surface area contributed by atoms with Gasteiger partial charge >= 0.3 is 12.0 Å². The van der Waals surface area contributed by atoms with Gasteiger partial charge in [0.05, 0.1) is 11.4 Å². The molecule has 0 atom stereocenters. The highest BCUT2D eigenvalue weighted by molar-refractivity contribution is 14.1. The van der Waals surface area contributed by atoms with Crippen molar-refractivity contribution in [1.29, 1.82) is 0 Å². The molecule has 98 valence electrons. The number of carboxylic acids is 1. The first-order valence-electron chi connectivity index (χ1n) is 5.16. The molecule has 3 N–H and O–H groups in total. The van der Waals surface area contributed by atoms with Gasteiger partial charge in [0.1, 0.15) is 0 Å². The van der Waals surface area contributed by atoms with E-state index in [1.54, 1.807) is 6.07 Å². The molecular weight excluding hydrogens is 370 g/mol. The van der Waals surface area contributed by atoms with E-state index in [2.05, 4.69) is 33.2 Å². The van der Waals surface area contributed by atoms with Crippen LogP contribution in [-0.4, -0.2) is 23.7 Å². The molecule has 0 spiro atoms. The van der Waals surface area contributed by atoms with Crippen LogP contribution >= 0.6 is 34.2 Å². The van der Waals surface area contributed by atoms with E-state index < -0.39 is 12.0 Å². The monoisotopic (exact) mass is 382 g/mol. The van der Waals surface area contributed by atoms with Gasteiger partial charge in [-0.05, 0) is 40.3 Å². The summed E-state index contributed by atoms with van der Waals surface area (Å²) in [5, 5.41) is 14.1. The highest BCUT2D eigenvalue weighted by atomic mass is 127. The van der Waals surface area contributed by atoms with Crippen molar-refractivity contribution in [2.24, 2.45) is 0 Å². The molecule has 0 fully saturated rings. The van der Waals surface area contributed by atoms with Gasteiger partial charge in [0, 0.05) is 16.7 Å². The quantitative estimate of drug-likeness (QED) is 0.683. The first-order chi connectivity index (χ1) is 8.49. The summed E-state index contributed by atoms with van der Waals surface area (Å²) < 4.78 is 0.948. The fraction of sp³-hybridized carbons (Fsp3) is 0.273. The van der Waals surface area contributed by atoms with Crippen LogP contribution in [0.25, 0.3) is 0 Å². The predicted octanol–water partition coefficient (Wildman–Crippen LogP) is 2.22. The molecule has 0 aliphatic heterocycles. The number of carbonyl (C=O) groups excluding carboxylic acids is 1. The van der Waals surface area contributed by atoms with Crippen LogP contribution in [0.4, 0.5) is 4.79 Å². The molecule has 0 saturated heterocycles. The van der Waals surface area contributed by atoms with Crippen LogP contribution in [0.2, 0.25) is 5.02 Å². The van der Waals surface area contributed by atoms with Crippen LogP contribution in [0.3, 0.4) is 0 Å². The third-order valence-electron chi connectivity index (χ3n) is 2.06. The minimum Gasteiger partial charge on any atom is -0.481 e. The zero-order valence-corrected chi connectivity index (χ0v) is 12.3. The van der Waals surface area contributed by atoms with Gasteiger partial charge in [-0.2, -0.15) is 0 Å². The summed E-state index contributed by atoms with van der Waals surface area (Å²) >= 11 is 8.07. The molecule has 0 aromatic heterocycles. The number of amides is 2. The number of carbonyl (C=O) groups is 2. The lowest BCUT2D eigenvalue weighted by Crippen LogP contribution is -2.36. The Morgan fingerprint density at radius 2 is 2.06 bits per heavy atom. The molecule has 18 heavy (non-hydrogen) atoms. The third-order valence-corrected chi connectivity index (χ3v) is 3.63. The molecule has 1 rings (SSSR count). The van der Waals surface area contributed by atoms with E-state index in [0.29, 0.717) is 11.6 Å². The van der Waals surface area contributed by atoms with Crippen LogP contribution in [0, 0.1) is 3.57 Å². The number of hydrogen-bond donors (Lipinski definition) is 3. The molecule has 1 aromatic carbocycles. The van der Waals surface area contributed by atoms with Crippen molar-refractivity contribution < 1.29 is 14.7 Å². The number of halogens is 2. The molecule has 0 aliphatic carbocycles. The fourth-order valence-electron chi connectivity index (χ4n) is 1.18. The van der Waals surface area contributed by atoms with Gasteiger partial charge < -0.3 is 15.7 Å². The van der Waals surface area contributed by atoms with E-state index in [-0.39, 0.29) is 13.0 Å². The van der Waals surface area contributed by atoms with Crippen molar-refractivity contribution in [3.05, 3.63) is 32.4 Å². The van der Waals surface area contributed by atoms with Crippen molar-refractivity contribution in [1.82, 2.24) is 10.6 Å². The molecule has 0 aliphatic rings. The van der Waals surface area contributed by atoms with Crippen molar-refractivity contribution in [3.8, 4) is 0 Å². The number of nitrogens with one attached hydrogen (secondary N) is 2. The van der Waals surface area contributed by atoms with Crippen LogP contribution in [0.15, 0.2) is 18.2 Å². The molecule has 0 unspecified atom stereocenters. The summed E-state index contributed by atoms with van der Waals surface area (Å²) in [7, 11) is 0. The Kier molecular flexibility index (Phi) is 6.20. The molecule has 0 heterocycles. The maximum atomic E-state index is 11.3. The Morgan fingerprint density at radius 1 is 1.33 bits per heavy atom. The number of hydrogen-bond acceptors (Lipinski definition) is 2. The van der Waals surface area contributed by atoms with Gasteiger partial charge in [0.2, 0.25) is 0 Å². The average molecular weight is 383 g/mol. The number of rotatable bonds is 5. The van der Waals surface area contributed by atoms with Gasteiger partial charge in [-0.15, -0.1) is 0 Å². The SMILES string of the molecule is O=C(O)CCNC(=O)NCc1ccc(I)c(Cl)c1. The normalized spacial score (nSPS) is 9.89. The third kappa shape index (κ3) is 5.54. The Labute approximate surface area is 123 Å². The number of carboxylic acid groups (broad SMARTS) is 1. The van der Waals surface area contributed by atoms with Gasteiger partial charge in [-0.3, -0.25) is 4.79 Å². The highest BCUT2D eigenvalue weighted by Crippen LogP contribution is 2.19. The van der Waals surface area contributed by atoms with Crippen LogP contribution in [-0.2, 0) is 11.3 Å². The minimum absolute atomic E-state index is 0.0945. The molecule has 0 saturated carbocycles. The van der Waals surface area contributed by atoms with Crippen molar-refractivity contribution in [2.75, 3.05) is 6.54 Å². The summed E-state index contributed by atoms with van der Waals surface area (Å²) in [6.45, 7) is 0.449. The zero-order chi connectivity index (χ0) is 13.5. The summed E-state index contributed by atoms with van der Waals surface area (Å²) in [4.78, 5) is 21.5. The van der Waals surface area contributed by atoms with Crippen molar-refractivity contribution >= 4 is 46.2 Å². The lowest BCUT2D eigenvalue weighted by molar-refractivity contribution is -0.136. The Balaban J connectivity index is 2.33. The van der Waals surface area contributed by atoms with Gasteiger partial charge in [-0.1, -0.05) is 17.7 Å². The van der Waals surface area contributed by atoms with Crippen molar-refractivity contribution in [3.63, 3.8) is 0 Å². The number of aliphatic carboxylic acids is 1. The summed E-state index contributed by atoms with van der Waals surface area (Å²) in [5.74, 6) is -0.945. The van der Waals surface area contributed by atoms with E-state index in [1.165, 1.54) is 0 Å². The predicted molar refractivity (Wildman–Crippen MR) is 76.7 cm³/mol. The summed E-state index contributed by atoms with van der Waals surface area (Å²) in [5.41, 5.74) is 0.883. The number of urea groups is 1. The topological polar surface area (TPSA) is 78.4 Å². The van der Waals surface area contributed by atoms with Gasteiger partial charge in [0.25, 0.3) is 0 Å². The molecule has 2 amide bonds. The second-order valence-electron chi connectivity index (χ2n) is 3.50. The first-order valence-corrected chi connectivity index (χ1v) is 6.62. The van der Waals surface area contributed by atoms with E-state index in [1.807, 2.05) is 12.1 Å². The van der Waals surface area contributed by atoms with Gasteiger partial charge in [0.15, 0.2) is 0 Å². The van der Waals surface area contributed by atoms with E-state index in [0.717, 1.165) is 9.13 Å². The minimum atomic E-state index is -0.945. The average Bonchev–Trinajstić information content (AvgIpc) is 2.30. The van der Waals surface area contributed by atoms with Gasteiger partial charge in [-0.25, -0.2) is 4.79 Å². The molecule has 5 nitrogen and oxygen atoms in total. The van der Waals surface area contributed by atoms with E-state index in [4.69, 9.17) is 16.7 Å². The smallest absolute Gasteiger partial charge is 0.315 e. The standard InChI is InChI=1S/C11H12ClIN2O3/c12-8-5-7(1-2-9(8)13)6-15-11(18)14-4-3-10(16)17/h1-2,5H,3-4,6H2,(H,16,17)(H2,14,15,18). The zero-order valence-electron chi connectivity index (χ0n) is 9.37. The highest BCUT2D eigenvalue weighted by Gasteiger charge is 2.03. The largest absolute Gasteiger partial charge is 0.481 e. The Hall–Kier alpha value is -1.02. The molecule has 0 bridgehead atoms. The van der Waals surface area contributed by atoms with Crippen LogP contribution in [0.1, 0.15) is 12.0 Å². The first kappa shape index (κ1) is 15.0. The maximum absolute atomic E-state index is 11.3. The van der Waals surface area contributed by atoms with Crippen molar-refractivity contribution in [2.45, 2.75) is 13.0 Å². The summed E-state index contributed by atoms with van der Waals surface area (Å²) in [6.07, 6.45) is -0.0945. The summed E-state index contributed by atoms with van der Waals surface area (Å²) in [6, 6.07) is 5.11. The molecular formula is C11H12ClIN2O3. The Bertz CT molecular complexity index is 454. The lowest BCUT2D eigenvalue weighted by Gasteiger charge is -2.07. The molecule has 1 aromatic rings. The molecule has 7 heteroatoms.